The second kappa shape index (κ2) is 10.3. The summed E-state index contributed by atoms with van der Waals surface area (Å²) in [6, 6.07) is 15.6. The fourth-order valence-electron chi connectivity index (χ4n) is 3.98. The number of benzene rings is 2. The first-order valence-corrected chi connectivity index (χ1v) is 11.2. The number of anilines is 1. The number of methoxy groups -OCH3 is 1. The first-order valence-electron chi connectivity index (χ1n) is 11.2. The Bertz CT molecular complexity index is 1070. The lowest BCUT2D eigenvalue weighted by molar-refractivity contribution is -0.125. The van der Waals surface area contributed by atoms with Gasteiger partial charge in [-0.05, 0) is 49.1 Å². The SMILES string of the molecule is CCCOc1nc2ccccc2nc1N1CCCC(C(=O)NCc2cccc(OC)c2)C1. The van der Waals surface area contributed by atoms with E-state index >= 15 is 0 Å². The molecular formula is C25H30N4O3. The molecule has 1 aromatic heterocycles. The maximum Gasteiger partial charge on any atom is 0.258 e. The van der Waals surface area contributed by atoms with Gasteiger partial charge in [0.1, 0.15) is 5.75 Å². The number of fused-ring (bicyclic) bond motifs is 1. The van der Waals surface area contributed by atoms with Gasteiger partial charge in [0, 0.05) is 19.6 Å². The molecule has 2 heterocycles. The minimum atomic E-state index is -0.110. The first-order chi connectivity index (χ1) is 15.7. The number of carbonyl (C=O) groups is 1. The molecule has 1 fully saturated rings. The standard InChI is InChI=1S/C25H30N4O3/c1-3-14-32-25-23(27-21-11-4-5-12-22(21)28-25)29-13-7-9-19(17-29)24(30)26-16-18-8-6-10-20(15-18)31-2/h4-6,8,10-12,15,19H,3,7,9,13-14,16-17H2,1-2H3,(H,26,30). The zero-order chi connectivity index (χ0) is 22.3. The van der Waals surface area contributed by atoms with Gasteiger partial charge in [-0.3, -0.25) is 4.79 Å². The molecule has 1 N–H and O–H groups in total. The largest absolute Gasteiger partial charge is 0.497 e. The van der Waals surface area contributed by atoms with Crippen LogP contribution in [0, 0.1) is 5.92 Å². The highest BCUT2D eigenvalue weighted by Crippen LogP contribution is 2.31. The van der Waals surface area contributed by atoms with E-state index in [1.807, 2.05) is 48.5 Å². The van der Waals surface area contributed by atoms with Crippen molar-refractivity contribution in [1.82, 2.24) is 15.3 Å². The highest BCUT2D eigenvalue weighted by atomic mass is 16.5. The lowest BCUT2D eigenvalue weighted by Gasteiger charge is -2.33. The fourth-order valence-corrected chi connectivity index (χ4v) is 3.98. The molecule has 3 aromatic rings. The Morgan fingerprint density at radius 2 is 1.97 bits per heavy atom. The number of piperidine rings is 1. The van der Waals surface area contributed by atoms with Crippen molar-refractivity contribution in [2.24, 2.45) is 5.92 Å². The minimum absolute atomic E-state index is 0.0577. The van der Waals surface area contributed by atoms with Gasteiger partial charge in [-0.15, -0.1) is 0 Å². The van der Waals surface area contributed by atoms with Gasteiger partial charge in [-0.1, -0.05) is 31.2 Å². The Balaban J connectivity index is 1.48. The third-order valence-corrected chi connectivity index (χ3v) is 5.66. The molecule has 0 aliphatic carbocycles. The summed E-state index contributed by atoms with van der Waals surface area (Å²) in [4.78, 5) is 24.6. The summed E-state index contributed by atoms with van der Waals surface area (Å²) < 4.78 is 11.2. The highest BCUT2D eigenvalue weighted by Gasteiger charge is 2.29. The van der Waals surface area contributed by atoms with Crippen LogP contribution in [0.4, 0.5) is 5.82 Å². The molecule has 1 amide bonds. The molecule has 0 saturated carbocycles. The Morgan fingerprint density at radius 1 is 1.16 bits per heavy atom. The van der Waals surface area contributed by atoms with Crippen molar-refractivity contribution >= 4 is 22.8 Å². The number of hydrogen-bond acceptors (Lipinski definition) is 6. The molecule has 0 spiro atoms. The van der Waals surface area contributed by atoms with Crippen molar-refractivity contribution in [3.63, 3.8) is 0 Å². The highest BCUT2D eigenvalue weighted by molar-refractivity contribution is 5.80. The average molecular weight is 435 g/mol. The van der Waals surface area contributed by atoms with Gasteiger partial charge >= 0.3 is 0 Å². The van der Waals surface area contributed by atoms with Crippen LogP contribution < -0.4 is 19.7 Å². The van der Waals surface area contributed by atoms with E-state index in [1.54, 1.807) is 7.11 Å². The molecule has 1 atom stereocenters. The van der Waals surface area contributed by atoms with E-state index in [9.17, 15) is 4.79 Å². The quantitative estimate of drug-likeness (QED) is 0.578. The molecule has 7 nitrogen and oxygen atoms in total. The third-order valence-electron chi connectivity index (χ3n) is 5.66. The van der Waals surface area contributed by atoms with Gasteiger partial charge in [-0.2, -0.15) is 0 Å². The van der Waals surface area contributed by atoms with E-state index in [0.717, 1.165) is 54.0 Å². The zero-order valence-corrected chi connectivity index (χ0v) is 18.7. The maximum absolute atomic E-state index is 12.9. The number of carbonyl (C=O) groups excluding carboxylic acids is 1. The van der Waals surface area contributed by atoms with Crippen molar-refractivity contribution in [1.29, 1.82) is 0 Å². The number of hydrogen-bond donors (Lipinski definition) is 1. The number of para-hydroxylation sites is 2. The van der Waals surface area contributed by atoms with Gasteiger partial charge in [0.15, 0.2) is 5.82 Å². The van der Waals surface area contributed by atoms with Crippen LogP contribution in [0.25, 0.3) is 11.0 Å². The van der Waals surface area contributed by atoms with Crippen LogP contribution in [0.1, 0.15) is 31.7 Å². The van der Waals surface area contributed by atoms with Gasteiger partial charge in [0.25, 0.3) is 5.88 Å². The Morgan fingerprint density at radius 3 is 2.75 bits per heavy atom. The van der Waals surface area contributed by atoms with Crippen LogP contribution in [-0.2, 0) is 11.3 Å². The summed E-state index contributed by atoms with van der Waals surface area (Å²) in [5.74, 6) is 2.00. The summed E-state index contributed by atoms with van der Waals surface area (Å²) in [7, 11) is 1.64. The smallest absolute Gasteiger partial charge is 0.258 e. The maximum atomic E-state index is 12.9. The molecule has 2 aromatic carbocycles. The van der Waals surface area contributed by atoms with Crippen LogP contribution in [-0.4, -0.2) is 42.7 Å². The van der Waals surface area contributed by atoms with Crippen LogP contribution >= 0.6 is 0 Å². The van der Waals surface area contributed by atoms with Crippen molar-refractivity contribution in [2.75, 3.05) is 31.7 Å². The third kappa shape index (κ3) is 5.10. The molecule has 0 radical (unpaired) electrons. The van der Waals surface area contributed by atoms with Crippen LogP contribution in [0.2, 0.25) is 0 Å². The van der Waals surface area contributed by atoms with E-state index in [2.05, 4.69) is 17.1 Å². The fraction of sp³-hybridized carbons (Fsp3) is 0.400. The molecule has 1 aliphatic rings. The Kier molecular flexibility index (Phi) is 7.04. The van der Waals surface area contributed by atoms with Gasteiger partial charge < -0.3 is 19.7 Å². The van der Waals surface area contributed by atoms with Gasteiger partial charge in [-0.25, -0.2) is 9.97 Å². The molecule has 1 aliphatic heterocycles. The van der Waals surface area contributed by atoms with E-state index in [0.29, 0.717) is 25.6 Å². The van der Waals surface area contributed by atoms with Crippen molar-refractivity contribution in [3.8, 4) is 11.6 Å². The van der Waals surface area contributed by atoms with Crippen LogP contribution in [0.3, 0.4) is 0 Å². The Hall–Kier alpha value is -3.35. The molecule has 32 heavy (non-hydrogen) atoms. The van der Waals surface area contributed by atoms with E-state index in [4.69, 9.17) is 19.4 Å². The van der Waals surface area contributed by atoms with E-state index in [1.165, 1.54) is 0 Å². The number of amides is 1. The summed E-state index contributed by atoms with van der Waals surface area (Å²) in [5.41, 5.74) is 2.66. The molecule has 0 bridgehead atoms. The van der Waals surface area contributed by atoms with E-state index < -0.39 is 0 Å². The molecule has 4 rings (SSSR count). The molecule has 7 heteroatoms. The second-order valence-electron chi connectivity index (χ2n) is 8.04. The van der Waals surface area contributed by atoms with Crippen molar-refractivity contribution in [2.45, 2.75) is 32.7 Å². The summed E-state index contributed by atoms with van der Waals surface area (Å²) in [6.07, 6.45) is 2.66. The second-order valence-corrected chi connectivity index (χ2v) is 8.04. The number of nitrogens with zero attached hydrogens (tertiary/aromatic N) is 3. The summed E-state index contributed by atoms with van der Waals surface area (Å²) in [5, 5.41) is 3.08. The predicted octanol–water partition coefficient (Wildman–Crippen LogP) is 3.96. The first kappa shape index (κ1) is 21.9. The van der Waals surface area contributed by atoms with Gasteiger partial charge in [0.2, 0.25) is 5.91 Å². The number of aromatic nitrogens is 2. The molecule has 1 unspecified atom stereocenters. The minimum Gasteiger partial charge on any atom is -0.497 e. The summed E-state index contributed by atoms with van der Waals surface area (Å²) >= 11 is 0. The summed E-state index contributed by atoms with van der Waals surface area (Å²) in [6.45, 7) is 4.55. The number of nitrogens with one attached hydrogen (secondary N) is 1. The lowest BCUT2D eigenvalue weighted by atomic mass is 9.97. The number of ether oxygens (including phenoxy) is 2. The van der Waals surface area contributed by atoms with Crippen LogP contribution in [0.5, 0.6) is 11.6 Å². The van der Waals surface area contributed by atoms with Crippen LogP contribution in [0.15, 0.2) is 48.5 Å². The Labute approximate surface area is 188 Å². The average Bonchev–Trinajstić information content (AvgIpc) is 2.85. The van der Waals surface area contributed by atoms with E-state index in [-0.39, 0.29) is 11.8 Å². The zero-order valence-electron chi connectivity index (χ0n) is 18.7. The monoisotopic (exact) mass is 434 g/mol. The molecule has 1 saturated heterocycles. The number of rotatable bonds is 8. The molecule has 168 valence electrons. The topological polar surface area (TPSA) is 76.6 Å². The van der Waals surface area contributed by atoms with Crippen molar-refractivity contribution in [3.05, 3.63) is 54.1 Å². The normalized spacial score (nSPS) is 16.1. The van der Waals surface area contributed by atoms with Crippen molar-refractivity contribution < 1.29 is 14.3 Å². The molecular weight excluding hydrogens is 404 g/mol. The predicted molar refractivity (Wildman–Crippen MR) is 125 cm³/mol. The lowest BCUT2D eigenvalue weighted by Crippen LogP contribution is -2.43. The van der Waals surface area contributed by atoms with Gasteiger partial charge in [0.05, 0.1) is 30.7 Å².